The van der Waals surface area contributed by atoms with Gasteiger partial charge in [0.05, 0.1) is 11.7 Å². The summed E-state index contributed by atoms with van der Waals surface area (Å²) in [7, 11) is -3.62. The summed E-state index contributed by atoms with van der Waals surface area (Å²) in [5.41, 5.74) is 1.18. The molecule has 112 valence electrons. The van der Waals surface area contributed by atoms with Crippen molar-refractivity contribution < 1.29 is 12.9 Å². The highest BCUT2D eigenvalue weighted by Crippen LogP contribution is 2.37. The Morgan fingerprint density at radius 1 is 1.33 bits per heavy atom. The molecule has 1 aliphatic rings. The standard InChI is InChI=1S/C14H17N3O3S/c1-10-14(11(2)20-16-10)21(18,19)17-9-5-7-13(17)12-6-3-4-8-15-12/h3-4,6,8,13H,5,7,9H2,1-2H3. The molecule has 6 nitrogen and oxygen atoms in total. The molecule has 0 radical (unpaired) electrons. The molecule has 1 unspecified atom stereocenters. The van der Waals surface area contributed by atoms with E-state index in [2.05, 4.69) is 10.1 Å². The smallest absolute Gasteiger partial charge is 0.249 e. The summed E-state index contributed by atoms with van der Waals surface area (Å²) in [5.74, 6) is 0.333. The van der Waals surface area contributed by atoms with E-state index >= 15 is 0 Å². The predicted molar refractivity (Wildman–Crippen MR) is 76.1 cm³/mol. The SMILES string of the molecule is Cc1noc(C)c1S(=O)(=O)N1CCCC1c1ccccn1. The molecule has 21 heavy (non-hydrogen) atoms. The van der Waals surface area contributed by atoms with Crippen molar-refractivity contribution in [2.24, 2.45) is 0 Å². The van der Waals surface area contributed by atoms with Crippen LogP contribution in [0, 0.1) is 13.8 Å². The largest absolute Gasteiger partial charge is 0.360 e. The van der Waals surface area contributed by atoms with Gasteiger partial charge in [0, 0.05) is 12.7 Å². The number of aromatic nitrogens is 2. The second-order valence-electron chi connectivity index (χ2n) is 5.18. The average Bonchev–Trinajstić information content (AvgIpc) is 3.07. The van der Waals surface area contributed by atoms with Crippen molar-refractivity contribution in [3.63, 3.8) is 0 Å². The lowest BCUT2D eigenvalue weighted by Gasteiger charge is -2.23. The number of rotatable bonds is 3. The van der Waals surface area contributed by atoms with Crippen LogP contribution in [-0.2, 0) is 10.0 Å². The van der Waals surface area contributed by atoms with Crippen LogP contribution in [0.25, 0.3) is 0 Å². The molecule has 1 atom stereocenters. The first kappa shape index (κ1) is 14.2. The third-order valence-electron chi connectivity index (χ3n) is 3.77. The molecule has 0 bridgehead atoms. The zero-order valence-corrected chi connectivity index (χ0v) is 12.8. The Morgan fingerprint density at radius 2 is 2.14 bits per heavy atom. The molecule has 1 saturated heterocycles. The average molecular weight is 307 g/mol. The Labute approximate surface area is 123 Å². The van der Waals surface area contributed by atoms with Gasteiger partial charge >= 0.3 is 0 Å². The molecule has 2 aromatic heterocycles. The molecule has 0 spiro atoms. The van der Waals surface area contributed by atoms with Crippen LogP contribution in [0.4, 0.5) is 0 Å². The fraction of sp³-hybridized carbons (Fsp3) is 0.429. The zero-order chi connectivity index (χ0) is 15.0. The Morgan fingerprint density at radius 3 is 2.76 bits per heavy atom. The van der Waals surface area contributed by atoms with Gasteiger partial charge in [-0.2, -0.15) is 4.31 Å². The molecule has 1 aliphatic heterocycles. The molecule has 3 rings (SSSR count). The van der Waals surface area contributed by atoms with Gasteiger partial charge in [0.2, 0.25) is 10.0 Å². The van der Waals surface area contributed by atoms with Gasteiger partial charge < -0.3 is 4.52 Å². The summed E-state index contributed by atoms with van der Waals surface area (Å²) >= 11 is 0. The summed E-state index contributed by atoms with van der Waals surface area (Å²) in [6, 6.07) is 5.35. The number of nitrogens with zero attached hydrogens (tertiary/aromatic N) is 3. The summed E-state index contributed by atoms with van der Waals surface area (Å²) < 4.78 is 32.4. The third kappa shape index (κ3) is 2.36. The Balaban J connectivity index is 2.03. The minimum absolute atomic E-state index is 0.185. The van der Waals surface area contributed by atoms with Crippen LogP contribution in [0.15, 0.2) is 33.8 Å². The van der Waals surface area contributed by atoms with Gasteiger partial charge in [-0.3, -0.25) is 4.98 Å². The lowest BCUT2D eigenvalue weighted by Crippen LogP contribution is -2.31. The van der Waals surface area contributed by atoms with Crippen LogP contribution in [-0.4, -0.2) is 29.4 Å². The van der Waals surface area contributed by atoms with Gasteiger partial charge in [0.1, 0.15) is 10.6 Å². The van der Waals surface area contributed by atoms with E-state index in [-0.39, 0.29) is 10.9 Å². The van der Waals surface area contributed by atoms with Crippen molar-refractivity contribution in [1.29, 1.82) is 0 Å². The molecule has 7 heteroatoms. The van der Waals surface area contributed by atoms with E-state index in [1.807, 2.05) is 18.2 Å². The normalized spacial score (nSPS) is 20.0. The maximum absolute atomic E-state index is 12.9. The van der Waals surface area contributed by atoms with Gasteiger partial charge in [0.15, 0.2) is 5.76 Å². The first-order valence-electron chi connectivity index (χ1n) is 6.87. The van der Waals surface area contributed by atoms with Gasteiger partial charge in [-0.1, -0.05) is 11.2 Å². The molecule has 2 aromatic rings. The summed E-state index contributed by atoms with van der Waals surface area (Å²) in [6.07, 6.45) is 3.29. The molecule has 1 fully saturated rings. The van der Waals surface area contributed by atoms with Crippen LogP contribution >= 0.6 is 0 Å². The van der Waals surface area contributed by atoms with Gasteiger partial charge in [-0.15, -0.1) is 0 Å². The third-order valence-corrected chi connectivity index (χ3v) is 5.92. The molecule has 0 saturated carbocycles. The number of aryl methyl sites for hydroxylation is 2. The van der Waals surface area contributed by atoms with Gasteiger partial charge in [-0.05, 0) is 38.8 Å². The second kappa shape index (κ2) is 5.23. The molecule has 3 heterocycles. The van der Waals surface area contributed by atoms with E-state index in [0.29, 0.717) is 18.0 Å². The van der Waals surface area contributed by atoms with Crippen LogP contribution in [0.3, 0.4) is 0 Å². The van der Waals surface area contributed by atoms with Crippen LogP contribution in [0.2, 0.25) is 0 Å². The van der Waals surface area contributed by atoms with Gasteiger partial charge in [0.25, 0.3) is 0 Å². The van der Waals surface area contributed by atoms with Gasteiger partial charge in [-0.25, -0.2) is 8.42 Å². The predicted octanol–water partition coefficient (Wildman–Crippen LogP) is 2.21. The minimum Gasteiger partial charge on any atom is -0.360 e. The molecule has 0 amide bonds. The van der Waals surface area contributed by atoms with E-state index < -0.39 is 10.0 Å². The molecule has 0 N–H and O–H groups in total. The molecule has 0 aromatic carbocycles. The van der Waals surface area contributed by atoms with Crippen molar-refractivity contribution in [1.82, 2.24) is 14.4 Å². The zero-order valence-electron chi connectivity index (χ0n) is 12.0. The second-order valence-corrected chi connectivity index (χ2v) is 7.01. The van der Waals surface area contributed by atoms with Crippen molar-refractivity contribution in [2.75, 3.05) is 6.54 Å². The number of sulfonamides is 1. The highest BCUT2D eigenvalue weighted by Gasteiger charge is 2.39. The fourth-order valence-corrected chi connectivity index (χ4v) is 4.82. The van der Waals surface area contributed by atoms with E-state index in [9.17, 15) is 8.42 Å². The monoisotopic (exact) mass is 307 g/mol. The maximum atomic E-state index is 12.9. The Bertz CT molecular complexity index is 721. The van der Waals surface area contributed by atoms with E-state index in [0.717, 1.165) is 18.5 Å². The van der Waals surface area contributed by atoms with Crippen LogP contribution < -0.4 is 0 Å². The maximum Gasteiger partial charge on any atom is 0.249 e. The molecule has 0 aliphatic carbocycles. The summed E-state index contributed by atoms with van der Waals surface area (Å²) in [6.45, 7) is 3.77. The van der Waals surface area contributed by atoms with Crippen molar-refractivity contribution in [3.8, 4) is 0 Å². The lowest BCUT2D eigenvalue weighted by molar-refractivity contribution is 0.381. The highest BCUT2D eigenvalue weighted by atomic mass is 32.2. The van der Waals surface area contributed by atoms with E-state index in [4.69, 9.17) is 4.52 Å². The lowest BCUT2D eigenvalue weighted by atomic mass is 10.1. The topological polar surface area (TPSA) is 76.3 Å². The number of pyridine rings is 1. The first-order chi connectivity index (χ1) is 10.0. The van der Waals surface area contributed by atoms with Crippen LogP contribution in [0.1, 0.15) is 36.0 Å². The van der Waals surface area contributed by atoms with E-state index in [1.165, 1.54) is 4.31 Å². The highest BCUT2D eigenvalue weighted by molar-refractivity contribution is 7.89. The van der Waals surface area contributed by atoms with Crippen molar-refractivity contribution in [2.45, 2.75) is 37.6 Å². The quantitative estimate of drug-likeness (QED) is 0.869. The molecular weight excluding hydrogens is 290 g/mol. The minimum atomic E-state index is -3.62. The fourth-order valence-electron chi connectivity index (χ4n) is 2.86. The summed E-state index contributed by atoms with van der Waals surface area (Å²) in [5, 5.41) is 3.76. The summed E-state index contributed by atoms with van der Waals surface area (Å²) in [4.78, 5) is 4.49. The number of hydrogen-bond acceptors (Lipinski definition) is 5. The van der Waals surface area contributed by atoms with Crippen molar-refractivity contribution >= 4 is 10.0 Å². The Hall–Kier alpha value is -1.73. The van der Waals surface area contributed by atoms with Crippen molar-refractivity contribution in [3.05, 3.63) is 41.5 Å². The van der Waals surface area contributed by atoms with E-state index in [1.54, 1.807) is 20.0 Å². The number of hydrogen-bond donors (Lipinski definition) is 0. The van der Waals surface area contributed by atoms with Crippen LogP contribution in [0.5, 0.6) is 0 Å². The first-order valence-corrected chi connectivity index (χ1v) is 8.31. The Kier molecular flexibility index (Phi) is 3.54. The molecular formula is C14H17N3O3S.